The van der Waals surface area contributed by atoms with E-state index < -0.39 is 0 Å². The summed E-state index contributed by atoms with van der Waals surface area (Å²) in [7, 11) is 0. The number of phenolic OH excluding ortho intramolecular Hbond substituents is 2. The molecule has 0 saturated heterocycles. The van der Waals surface area contributed by atoms with Crippen molar-refractivity contribution in [3.05, 3.63) is 48.0 Å². The monoisotopic (exact) mass is 420 g/mol. The maximum atomic E-state index is 9.39. The molecule has 0 aliphatic rings. The zero-order valence-electron chi connectivity index (χ0n) is 16.3. The minimum absolute atomic E-state index is 0. The molecule has 0 fully saturated rings. The van der Waals surface area contributed by atoms with Gasteiger partial charge in [0.1, 0.15) is 34.2 Å². The Labute approximate surface area is 173 Å². The van der Waals surface area contributed by atoms with Gasteiger partial charge in [-0.25, -0.2) is 0 Å². The van der Waals surface area contributed by atoms with Gasteiger partial charge in [0.05, 0.1) is 11.0 Å². The summed E-state index contributed by atoms with van der Waals surface area (Å²) in [6, 6.07) is 9.68. The Morgan fingerprint density at radius 1 is 0.645 bits per heavy atom. The molecule has 0 amide bonds. The third kappa shape index (κ3) is 3.49. The van der Waals surface area contributed by atoms with E-state index in [0.717, 1.165) is 0 Å². The van der Waals surface area contributed by atoms with Crippen LogP contribution in [0, 0.1) is 13.8 Å². The van der Waals surface area contributed by atoms with Gasteiger partial charge in [0.25, 0.3) is 11.6 Å². The molecule has 0 atom stereocenters. The number of fused-ring (bicyclic) bond motifs is 6. The van der Waals surface area contributed by atoms with E-state index in [1.165, 1.54) is 0 Å². The molecule has 0 saturated carbocycles. The standard InChI is InChI=1S/2C9H7N5O.H2O/c2*1-5-10-9-12-11-7-3-2-6(15)4-8(7)14(9)13-5;/h2*2-4,15H,1H3;1H2. The number of nitrogens with zero attached hydrogens (tertiary/aromatic N) is 10. The highest BCUT2D eigenvalue weighted by Gasteiger charge is 2.08. The first kappa shape index (κ1) is 19.8. The fourth-order valence-corrected chi connectivity index (χ4v) is 2.99. The second-order valence-corrected chi connectivity index (χ2v) is 6.49. The van der Waals surface area contributed by atoms with Crippen molar-refractivity contribution in [3.63, 3.8) is 0 Å². The predicted octanol–water partition coefficient (Wildman–Crippen LogP) is 0.548. The second kappa shape index (κ2) is 7.38. The van der Waals surface area contributed by atoms with E-state index in [9.17, 15) is 10.2 Å². The molecule has 0 spiro atoms. The largest absolute Gasteiger partial charge is 0.508 e. The van der Waals surface area contributed by atoms with Crippen LogP contribution in [0.5, 0.6) is 11.5 Å². The number of aromatic hydroxyl groups is 2. The molecule has 2 aromatic carbocycles. The highest BCUT2D eigenvalue weighted by Crippen LogP contribution is 2.18. The first-order valence-corrected chi connectivity index (χ1v) is 8.85. The van der Waals surface area contributed by atoms with E-state index in [-0.39, 0.29) is 17.0 Å². The number of aryl methyl sites for hydroxylation is 2. The summed E-state index contributed by atoms with van der Waals surface area (Å²) >= 11 is 0. The summed E-state index contributed by atoms with van der Waals surface area (Å²) in [5.41, 5.74) is 2.73. The zero-order chi connectivity index (χ0) is 20.8. The van der Waals surface area contributed by atoms with Crippen LogP contribution in [0.25, 0.3) is 33.6 Å². The van der Waals surface area contributed by atoms with E-state index in [4.69, 9.17) is 0 Å². The Hall–Kier alpha value is -4.52. The maximum absolute atomic E-state index is 9.39. The van der Waals surface area contributed by atoms with Crippen LogP contribution in [-0.4, -0.2) is 65.3 Å². The van der Waals surface area contributed by atoms with Gasteiger partial charge in [-0.1, -0.05) is 0 Å². The number of aromatic nitrogens is 10. The number of hydrogen-bond donors (Lipinski definition) is 2. The number of phenols is 2. The Balaban J connectivity index is 0.000000144. The van der Waals surface area contributed by atoms with Crippen molar-refractivity contribution in [2.75, 3.05) is 0 Å². The molecule has 4 heterocycles. The first-order valence-electron chi connectivity index (χ1n) is 8.85. The van der Waals surface area contributed by atoms with Crippen molar-refractivity contribution in [2.24, 2.45) is 0 Å². The van der Waals surface area contributed by atoms with Crippen LogP contribution < -0.4 is 0 Å². The van der Waals surface area contributed by atoms with Gasteiger partial charge in [-0.2, -0.15) is 19.0 Å². The number of hydrogen-bond acceptors (Lipinski definition) is 10. The third-order valence-electron chi connectivity index (χ3n) is 4.26. The zero-order valence-corrected chi connectivity index (χ0v) is 16.3. The van der Waals surface area contributed by atoms with Gasteiger partial charge in [0, 0.05) is 12.1 Å². The maximum Gasteiger partial charge on any atom is 0.272 e. The van der Waals surface area contributed by atoms with E-state index >= 15 is 0 Å². The van der Waals surface area contributed by atoms with Crippen molar-refractivity contribution < 1.29 is 15.7 Å². The average molecular weight is 420 g/mol. The second-order valence-electron chi connectivity index (χ2n) is 6.49. The minimum atomic E-state index is 0. The Kier molecular flexibility index (Phi) is 4.71. The van der Waals surface area contributed by atoms with Crippen LogP contribution in [0.4, 0.5) is 0 Å². The average Bonchev–Trinajstić information content (AvgIpc) is 3.30. The third-order valence-corrected chi connectivity index (χ3v) is 4.26. The van der Waals surface area contributed by atoms with Crippen molar-refractivity contribution in [2.45, 2.75) is 13.8 Å². The lowest BCUT2D eigenvalue weighted by Crippen LogP contribution is -1.96. The van der Waals surface area contributed by atoms with Crippen LogP contribution in [0.1, 0.15) is 11.6 Å². The molecule has 0 bridgehead atoms. The predicted molar refractivity (Wildman–Crippen MR) is 109 cm³/mol. The molecule has 6 rings (SSSR count). The van der Waals surface area contributed by atoms with Crippen LogP contribution in [-0.2, 0) is 0 Å². The van der Waals surface area contributed by atoms with Gasteiger partial charge in [0.15, 0.2) is 0 Å². The van der Waals surface area contributed by atoms with Gasteiger partial charge >= 0.3 is 0 Å². The molecule has 156 valence electrons. The van der Waals surface area contributed by atoms with Gasteiger partial charge < -0.3 is 15.7 Å². The van der Waals surface area contributed by atoms with Crippen LogP contribution in [0.2, 0.25) is 0 Å². The van der Waals surface area contributed by atoms with Gasteiger partial charge in [-0.15, -0.1) is 30.6 Å². The van der Waals surface area contributed by atoms with Crippen molar-refractivity contribution in [1.82, 2.24) is 49.6 Å². The molecule has 0 unspecified atom stereocenters. The number of rotatable bonds is 0. The fraction of sp³-hybridized carbons (Fsp3) is 0.111. The van der Waals surface area contributed by atoms with Crippen molar-refractivity contribution in [3.8, 4) is 11.5 Å². The van der Waals surface area contributed by atoms with E-state index in [2.05, 4.69) is 40.6 Å². The molecule has 13 heteroatoms. The van der Waals surface area contributed by atoms with Crippen molar-refractivity contribution in [1.29, 1.82) is 0 Å². The molecule has 6 aromatic rings. The lowest BCUT2D eigenvalue weighted by atomic mass is 10.3. The molecule has 0 aliphatic carbocycles. The summed E-state index contributed by atoms with van der Waals surface area (Å²) in [5, 5.41) is 42.9. The summed E-state index contributed by atoms with van der Waals surface area (Å²) in [6.45, 7) is 3.56. The van der Waals surface area contributed by atoms with E-state index in [1.54, 1.807) is 59.3 Å². The van der Waals surface area contributed by atoms with Gasteiger partial charge in [-0.3, -0.25) is 0 Å². The topological polar surface area (TPSA) is 184 Å². The fourth-order valence-electron chi connectivity index (χ4n) is 2.99. The summed E-state index contributed by atoms with van der Waals surface area (Å²) in [6.07, 6.45) is 0. The minimum Gasteiger partial charge on any atom is -0.508 e. The van der Waals surface area contributed by atoms with Gasteiger partial charge in [-0.05, 0) is 38.1 Å². The quantitative estimate of drug-likeness (QED) is 0.351. The van der Waals surface area contributed by atoms with Gasteiger partial charge in [0.2, 0.25) is 0 Å². The lowest BCUT2D eigenvalue weighted by molar-refractivity contribution is 0.475. The summed E-state index contributed by atoms with van der Waals surface area (Å²) < 4.78 is 3.13. The van der Waals surface area contributed by atoms with Crippen LogP contribution in [0.15, 0.2) is 36.4 Å². The molecule has 13 nitrogen and oxygen atoms in total. The molecule has 0 radical (unpaired) electrons. The molecule has 4 N–H and O–H groups in total. The van der Waals surface area contributed by atoms with E-state index in [0.29, 0.717) is 45.3 Å². The van der Waals surface area contributed by atoms with Crippen LogP contribution in [0.3, 0.4) is 0 Å². The first-order chi connectivity index (χ1) is 14.5. The lowest BCUT2D eigenvalue weighted by Gasteiger charge is -1.98. The Morgan fingerprint density at radius 3 is 1.48 bits per heavy atom. The van der Waals surface area contributed by atoms with E-state index in [1.807, 2.05) is 0 Å². The summed E-state index contributed by atoms with van der Waals surface area (Å²) in [5.74, 6) is 2.46. The van der Waals surface area contributed by atoms with Crippen LogP contribution >= 0.6 is 0 Å². The number of benzene rings is 2. The molecular formula is C18H16N10O3. The molecular weight excluding hydrogens is 404 g/mol. The molecule has 4 aromatic heterocycles. The SMILES string of the molecule is Cc1nc2nnc3ccc(O)cc3n2n1.Cc1nc2nnc3ccc(O)cc3n2n1.O. The summed E-state index contributed by atoms with van der Waals surface area (Å²) in [4.78, 5) is 8.18. The molecule has 0 aliphatic heterocycles. The highest BCUT2D eigenvalue weighted by atomic mass is 16.3. The Morgan fingerprint density at radius 2 is 1.06 bits per heavy atom. The smallest absolute Gasteiger partial charge is 0.272 e. The highest BCUT2D eigenvalue weighted by molar-refractivity contribution is 5.77. The van der Waals surface area contributed by atoms with Crippen molar-refractivity contribution >= 4 is 33.6 Å². The Bertz CT molecular complexity index is 1440. The normalized spacial score (nSPS) is 10.9. The molecule has 31 heavy (non-hydrogen) atoms.